The molecule has 0 amide bonds. The molecule has 12 heteroatoms. The van der Waals surface area contributed by atoms with E-state index in [0.717, 1.165) is 12.1 Å². The van der Waals surface area contributed by atoms with E-state index in [2.05, 4.69) is 4.98 Å². The number of hydrogen-bond donors (Lipinski definition) is 1. The first-order valence-electron chi connectivity index (χ1n) is 9.60. The molecule has 0 atom stereocenters. The van der Waals surface area contributed by atoms with Crippen LogP contribution in [0.2, 0.25) is 5.02 Å². The molecular formula is C22H17ClF3N3O4S. The number of anilines is 1. The predicted molar refractivity (Wildman–Crippen MR) is 122 cm³/mol. The zero-order valence-corrected chi connectivity index (χ0v) is 19.1. The summed E-state index contributed by atoms with van der Waals surface area (Å²) in [6.45, 7) is 0. The molecule has 1 aromatic heterocycles. The zero-order valence-electron chi connectivity index (χ0n) is 17.6. The Morgan fingerprint density at radius 3 is 2.59 bits per heavy atom. The number of benzene rings is 2. The Kier molecular flexibility index (Phi) is 7.68. The van der Waals surface area contributed by atoms with Crippen LogP contribution in [0.5, 0.6) is 11.5 Å². The van der Waals surface area contributed by atoms with Crippen molar-refractivity contribution >= 4 is 40.7 Å². The van der Waals surface area contributed by atoms with E-state index >= 15 is 0 Å². The summed E-state index contributed by atoms with van der Waals surface area (Å²) in [5.41, 5.74) is 4.96. The summed E-state index contributed by atoms with van der Waals surface area (Å²) in [6, 6.07) is 9.46. The van der Waals surface area contributed by atoms with Gasteiger partial charge < -0.3 is 10.5 Å². The normalized spacial score (nSPS) is 11.3. The number of pyridine rings is 1. The van der Waals surface area contributed by atoms with Gasteiger partial charge in [-0.3, -0.25) is 14.9 Å². The number of aromatic nitrogens is 1. The van der Waals surface area contributed by atoms with Gasteiger partial charge in [0.25, 0.3) is 0 Å². The number of nitro groups is 1. The summed E-state index contributed by atoms with van der Waals surface area (Å²) < 4.78 is 44.8. The third-order valence-electron chi connectivity index (χ3n) is 4.71. The first-order valence-corrected chi connectivity index (χ1v) is 11.2. The van der Waals surface area contributed by atoms with Crippen molar-refractivity contribution in [3.63, 3.8) is 0 Å². The average Bonchev–Trinajstić information content (AvgIpc) is 2.75. The fraction of sp³-hybridized carbons (Fsp3) is 0.182. The molecule has 0 unspecified atom stereocenters. The van der Waals surface area contributed by atoms with Crippen LogP contribution >= 0.6 is 23.4 Å². The summed E-state index contributed by atoms with van der Waals surface area (Å²) in [5, 5.41) is 10.8. The number of nitrogens with zero attached hydrogens (tertiary/aromatic N) is 2. The Morgan fingerprint density at radius 1 is 1.21 bits per heavy atom. The van der Waals surface area contributed by atoms with Crippen LogP contribution in [0.3, 0.4) is 0 Å². The maximum atomic E-state index is 13.1. The van der Waals surface area contributed by atoms with Crippen molar-refractivity contribution in [2.75, 3.05) is 12.0 Å². The third kappa shape index (κ3) is 5.97. The van der Waals surface area contributed by atoms with Crippen LogP contribution in [-0.4, -0.2) is 21.9 Å². The minimum atomic E-state index is -4.62. The van der Waals surface area contributed by atoms with E-state index in [1.54, 1.807) is 18.4 Å². The fourth-order valence-corrected chi connectivity index (χ4v) is 4.04. The van der Waals surface area contributed by atoms with Crippen molar-refractivity contribution in [1.29, 1.82) is 0 Å². The van der Waals surface area contributed by atoms with Gasteiger partial charge in [0.2, 0.25) is 11.6 Å². The highest BCUT2D eigenvalue weighted by Crippen LogP contribution is 2.37. The van der Waals surface area contributed by atoms with Gasteiger partial charge in [-0.1, -0.05) is 23.7 Å². The van der Waals surface area contributed by atoms with Crippen molar-refractivity contribution in [3.05, 3.63) is 80.5 Å². The molecule has 0 saturated carbocycles. The molecule has 0 radical (unpaired) electrons. The molecule has 3 rings (SSSR count). The molecule has 0 saturated heterocycles. The molecule has 2 N–H and O–H groups in total. The Labute approximate surface area is 201 Å². The van der Waals surface area contributed by atoms with Crippen LogP contribution < -0.4 is 10.5 Å². The maximum Gasteiger partial charge on any atom is 0.417 e. The number of halogens is 4. The number of Topliss-reactive ketones (excluding diaryl/α,β-unsaturated/α-hetero) is 1. The lowest BCUT2D eigenvalue weighted by Crippen LogP contribution is -2.10. The first kappa shape index (κ1) is 25.3. The molecule has 34 heavy (non-hydrogen) atoms. The quantitative estimate of drug-likeness (QED) is 0.221. The molecule has 178 valence electrons. The van der Waals surface area contributed by atoms with Crippen molar-refractivity contribution in [3.8, 4) is 11.5 Å². The molecule has 0 spiro atoms. The number of carbonyl (C=O) groups excluding carboxylic acids is 1. The molecule has 0 bridgehead atoms. The van der Waals surface area contributed by atoms with Gasteiger partial charge in [-0.05, 0) is 41.6 Å². The van der Waals surface area contributed by atoms with E-state index in [-0.39, 0.29) is 41.5 Å². The molecule has 0 aliphatic carbocycles. The van der Waals surface area contributed by atoms with Crippen molar-refractivity contribution < 1.29 is 27.6 Å². The van der Waals surface area contributed by atoms with E-state index in [1.165, 1.54) is 36.2 Å². The molecule has 1 heterocycles. The lowest BCUT2D eigenvalue weighted by molar-refractivity contribution is -0.384. The standard InChI is InChI=1S/C22H17ClF3N3O4S/c1-34-19-11-15(33-18-6-7-28-21(27)20(18)29(31)32)4-3-13(19)10-14(30)8-12-2-5-17(23)16(9-12)22(24,25)26/h2-7,9,11H,8,10H2,1H3,(H2,27,28). The van der Waals surface area contributed by atoms with Crippen LogP contribution in [0.25, 0.3) is 0 Å². The van der Waals surface area contributed by atoms with Gasteiger partial charge in [0.05, 0.1) is 15.5 Å². The van der Waals surface area contributed by atoms with Gasteiger partial charge in [0.1, 0.15) is 11.5 Å². The van der Waals surface area contributed by atoms with Crippen LogP contribution in [-0.2, 0) is 23.8 Å². The van der Waals surface area contributed by atoms with Gasteiger partial charge in [-0.2, -0.15) is 13.2 Å². The van der Waals surface area contributed by atoms with E-state index < -0.39 is 27.4 Å². The Morgan fingerprint density at radius 2 is 1.94 bits per heavy atom. The molecule has 0 aliphatic heterocycles. The number of hydrogen-bond acceptors (Lipinski definition) is 7. The summed E-state index contributed by atoms with van der Waals surface area (Å²) in [7, 11) is 0. The molecule has 7 nitrogen and oxygen atoms in total. The van der Waals surface area contributed by atoms with Gasteiger partial charge in [-0.15, -0.1) is 11.8 Å². The fourth-order valence-electron chi connectivity index (χ4n) is 3.18. The zero-order chi connectivity index (χ0) is 25.0. The predicted octanol–water partition coefficient (Wildman–Crippen LogP) is 6.11. The molecule has 2 aromatic carbocycles. The number of ether oxygens (including phenoxy) is 1. The van der Waals surface area contributed by atoms with Crippen molar-refractivity contribution in [2.24, 2.45) is 0 Å². The summed E-state index contributed by atoms with van der Waals surface area (Å²) >= 11 is 6.95. The largest absolute Gasteiger partial charge is 0.450 e. The number of nitrogen functional groups attached to an aromatic ring is 1. The highest BCUT2D eigenvalue weighted by molar-refractivity contribution is 7.98. The molecule has 3 aromatic rings. The average molecular weight is 512 g/mol. The number of carbonyl (C=O) groups is 1. The number of ketones is 1. The van der Waals surface area contributed by atoms with Crippen LogP contribution in [0, 0.1) is 10.1 Å². The van der Waals surface area contributed by atoms with E-state index in [4.69, 9.17) is 22.1 Å². The summed E-state index contributed by atoms with van der Waals surface area (Å²) in [5.74, 6) is -0.388. The number of rotatable bonds is 8. The number of thioether (sulfide) groups is 1. The molecular weight excluding hydrogens is 495 g/mol. The minimum absolute atomic E-state index is 0.0250. The third-order valence-corrected chi connectivity index (χ3v) is 5.86. The SMILES string of the molecule is CSc1cc(Oc2ccnc(N)c2[N+](=O)[O-])ccc1CC(=O)Cc1ccc(Cl)c(C(F)(F)F)c1. The van der Waals surface area contributed by atoms with E-state index in [9.17, 15) is 28.1 Å². The van der Waals surface area contributed by atoms with E-state index in [1.807, 2.05) is 0 Å². The van der Waals surface area contributed by atoms with Crippen molar-refractivity contribution in [2.45, 2.75) is 23.9 Å². The van der Waals surface area contributed by atoms with Gasteiger partial charge in [0, 0.05) is 30.0 Å². The Bertz CT molecular complexity index is 1250. The Balaban J connectivity index is 1.78. The monoisotopic (exact) mass is 511 g/mol. The number of alkyl halides is 3. The van der Waals surface area contributed by atoms with E-state index in [0.29, 0.717) is 10.5 Å². The topological polar surface area (TPSA) is 108 Å². The highest BCUT2D eigenvalue weighted by Gasteiger charge is 2.33. The Hall–Kier alpha value is -3.31. The first-order chi connectivity index (χ1) is 16.0. The van der Waals surface area contributed by atoms with Crippen molar-refractivity contribution in [1.82, 2.24) is 4.98 Å². The second-order valence-electron chi connectivity index (χ2n) is 7.08. The van der Waals surface area contributed by atoms with Crippen LogP contribution in [0.1, 0.15) is 16.7 Å². The minimum Gasteiger partial charge on any atom is -0.450 e. The van der Waals surface area contributed by atoms with Crippen LogP contribution in [0.15, 0.2) is 53.6 Å². The summed E-state index contributed by atoms with van der Waals surface area (Å²) in [4.78, 5) is 27.5. The molecule has 0 aliphatic rings. The lowest BCUT2D eigenvalue weighted by atomic mass is 10.0. The van der Waals surface area contributed by atoms with Gasteiger partial charge >= 0.3 is 11.9 Å². The summed E-state index contributed by atoms with van der Waals surface area (Å²) in [6.07, 6.45) is -1.79. The smallest absolute Gasteiger partial charge is 0.417 e. The van der Waals surface area contributed by atoms with Gasteiger partial charge in [0.15, 0.2) is 0 Å². The highest BCUT2D eigenvalue weighted by atomic mass is 35.5. The second-order valence-corrected chi connectivity index (χ2v) is 8.34. The molecule has 0 fully saturated rings. The van der Waals surface area contributed by atoms with Gasteiger partial charge in [-0.25, -0.2) is 4.98 Å². The maximum absolute atomic E-state index is 13.1. The lowest BCUT2D eigenvalue weighted by Gasteiger charge is -2.12. The second kappa shape index (κ2) is 10.3. The number of nitrogens with two attached hydrogens (primary N) is 1. The van der Waals surface area contributed by atoms with Crippen LogP contribution in [0.4, 0.5) is 24.7 Å².